The molecule has 1 aliphatic heterocycles. The lowest BCUT2D eigenvalue weighted by Gasteiger charge is -2.32. The highest BCUT2D eigenvalue weighted by Gasteiger charge is 2.39. The zero-order chi connectivity index (χ0) is 17.9. The van der Waals surface area contributed by atoms with E-state index >= 15 is 0 Å². The monoisotopic (exact) mass is 373 g/mol. The molecule has 1 heterocycles. The third-order valence-electron chi connectivity index (χ3n) is 4.12. The van der Waals surface area contributed by atoms with Crippen LogP contribution in [0.4, 0.5) is 0 Å². The maximum atomic E-state index is 12.7. The van der Waals surface area contributed by atoms with E-state index in [1.54, 1.807) is 31.2 Å². The van der Waals surface area contributed by atoms with Crippen molar-refractivity contribution in [2.45, 2.75) is 31.8 Å². The van der Waals surface area contributed by atoms with Gasteiger partial charge in [-0.2, -0.15) is 0 Å². The van der Waals surface area contributed by atoms with Gasteiger partial charge >= 0.3 is 5.97 Å². The standard InChI is InChI=1S/C16H20ClNO5S/c1-11(16(20)23-2)18(14-7-8-24(21,22)10-14)15(19)9-12-3-5-13(17)6-4-12/h3-6,11,14H,7-10H2,1-2H3/t11-,14-/m1/s1. The fourth-order valence-corrected chi connectivity index (χ4v) is 4.72. The molecule has 0 spiro atoms. The molecule has 1 fully saturated rings. The lowest BCUT2D eigenvalue weighted by atomic mass is 10.1. The Bertz CT molecular complexity index is 716. The molecule has 1 amide bonds. The van der Waals surface area contributed by atoms with Crippen molar-refractivity contribution in [1.29, 1.82) is 0 Å². The summed E-state index contributed by atoms with van der Waals surface area (Å²) < 4.78 is 28.2. The maximum absolute atomic E-state index is 12.7. The molecule has 2 atom stereocenters. The summed E-state index contributed by atoms with van der Waals surface area (Å²) in [7, 11) is -1.94. The Labute approximate surface area is 146 Å². The predicted octanol–water partition coefficient (Wildman–Crippen LogP) is 1.46. The van der Waals surface area contributed by atoms with Gasteiger partial charge in [-0.1, -0.05) is 23.7 Å². The van der Waals surface area contributed by atoms with Gasteiger partial charge in [0.15, 0.2) is 9.84 Å². The molecule has 0 aliphatic carbocycles. The molecule has 2 rings (SSSR count). The first-order valence-electron chi connectivity index (χ1n) is 7.57. The molecule has 0 N–H and O–H groups in total. The van der Waals surface area contributed by atoms with Crippen LogP contribution >= 0.6 is 11.6 Å². The van der Waals surface area contributed by atoms with Crippen LogP contribution in [-0.2, 0) is 30.6 Å². The average Bonchev–Trinajstić information content (AvgIpc) is 2.88. The summed E-state index contributed by atoms with van der Waals surface area (Å²) in [5, 5.41) is 0.563. The van der Waals surface area contributed by atoms with Gasteiger partial charge in [0.25, 0.3) is 0 Å². The van der Waals surface area contributed by atoms with E-state index in [0.29, 0.717) is 11.4 Å². The van der Waals surface area contributed by atoms with Gasteiger partial charge in [0.2, 0.25) is 5.91 Å². The number of hydrogen-bond donors (Lipinski definition) is 0. The molecular formula is C16H20ClNO5S. The molecule has 1 aliphatic rings. The molecule has 0 radical (unpaired) electrons. The van der Waals surface area contributed by atoms with Crippen LogP contribution in [0.25, 0.3) is 0 Å². The second-order valence-corrected chi connectivity index (χ2v) is 8.53. The van der Waals surface area contributed by atoms with Gasteiger partial charge in [0.1, 0.15) is 6.04 Å². The highest BCUT2D eigenvalue weighted by atomic mass is 35.5. The topological polar surface area (TPSA) is 80.8 Å². The second-order valence-electron chi connectivity index (χ2n) is 5.86. The summed E-state index contributed by atoms with van der Waals surface area (Å²) in [6, 6.07) is 5.47. The summed E-state index contributed by atoms with van der Waals surface area (Å²) in [4.78, 5) is 26.0. The number of carbonyl (C=O) groups is 2. The van der Waals surface area contributed by atoms with Crippen LogP contribution < -0.4 is 0 Å². The number of hydrogen-bond acceptors (Lipinski definition) is 5. The van der Waals surface area contributed by atoms with E-state index in [-0.39, 0.29) is 23.8 Å². The third kappa shape index (κ3) is 4.48. The minimum Gasteiger partial charge on any atom is -0.467 e. The molecule has 0 unspecified atom stereocenters. The van der Waals surface area contributed by atoms with E-state index in [9.17, 15) is 18.0 Å². The van der Waals surface area contributed by atoms with E-state index in [0.717, 1.165) is 5.56 Å². The van der Waals surface area contributed by atoms with Crippen LogP contribution in [0, 0.1) is 0 Å². The summed E-state index contributed by atoms with van der Waals surface area (Å²) in [5.41, 5.74) is 0.743. The Balaban J connectivity index is 2.22. The number of benzene rings is 1. The molecule has 132 valence electrons. The first kappa shape index (κ1) is 18.7. The zero-order valence-electron chi connectivity index (χ0n) is 13.6. The fourth-order valence-electron chi connectivity index (χ4n) is 2.88. The second kappa shape index (κ2) is 7.53. The van der Waals surface area contributed by atoms with Crippen LogP contribution in [0.1, 0.15) is 18.9 Å². The first-order valence-corrected chi connectivity index (χ1v) is 9.77. The van der Waals surface area contributed by atoms with Crippen molar-refractivity contribution in [3.63, 3.8) is 0 Å². The minimum atomic E-state index is -3.18. The van der Waals surface area contributed by atoms with Crippen LogP contribution in [0.15, 0.2) is 24.3 Å². The Hall–Kier alpha value is -1.60. The Morgan fingerprint density at radius 3 is 2.46 bits per heavy atom. The predicted molar refractivity (Wildman–Crippen MR) is 90.5 cm³/mol. The number of ether oxygens (including phenoxy) is 1. The van der Waals surface area contributed by atoms with Crippen LogP contribution in [0.3, 0.4) is 0 Å². The summed E-state index contributed by atoms with van der Waals surface area (Å²) in [6.07, 6.45) is 0.394. The van der Waals surface area contributed by atoms with Gasteiger partial charge in [-0.3, -0.25) is 4.79 Å². The smallest absolute Gasteiger partial charge is 0.328 e. The molecule has 0 bridgehead atoms. The largest absolute Gasteiger partial charge is 0.467 e. The first-order chi connectivity index (χ1) is 11.2. The van der Waals surface area contributed by atoms with E-state index in [4.69, 9.17) is 16.3 Å². The van der Waals surface area contributed by atoms with Gasteiger partial charge in [0.05, 0.1) is 25.0 Å². The molecule has 24 heavy (non-hydrogen) atoms. The van der Waals surface area contributed by atoms with Crippen molar-refractivity contribution in [1.82, 2.24) is 4.90 Å². The van der Waals surface area contributed by atoms with Crippen molar-refractivity contribution < 1.29 is 22.7 Å². The molecular weight excluding hydrogens is 354 g/mol. The summed E-state index contributed by atoms with van der Waals surface area (Å²) >= 11 is 5.83. The van der Waals surface area contributed by atoms with E-state index in [1.807, 2.05) is 0 Å². The van der Waals surface area contributed by atoms with Crippen molar-refractivity contribution in [2.75, 3.05) is 18.6 Å². The molecule has 1 aromatic rings. The number of nitrogens with zero attached hydrogens (tertiary/aromatic N) is 1. The van der Waals surface area contributed by atoms with Crippen molar-refractivity contribution in [3.8, 4) is 0 Å². The number of halogens is 1. The van der Waals surface area contributed by atoms with E-state index in [1.165, 1.54) is 12.0 Å². The van der Waals surface area contributed by atoms with Crippen LogP contribution in [0.2, 0.25) is 5.02 Å². The molecule has 6 nitrogen and oxygen atoms in total. The SMILES string of the molecule is COC(=O)[C@@H](C)N(C(=O)Cc1ccc(Cl)cc1)[C@@H]1CCS(=O)(=O)C1. The Morgan fingerprint density at radius 1 is 1.33 bits per heavy atom. The van der Waals surface area contributed by atoms with Crippen LogP contribution in [-0.4, -0.2) is 55.9 Å². The van der Waals surface area contributed by atoms with Gasteiger partial charge in [0, 0.05) is 11.1 Å². The molecule has 1 aromatic carbocycles. The van der Waals surface area contributed by atoms with E-state index < -0.39 is 27.9 Å². The van der Waals surface area contributed by atoms with Gasteiger partial charge in [-0.25, -0.2) is 13.2 Å². The van der Waals surface area contributed by atoms with Gasteiger partial charge in [-0.05, 0) is 31.0 Å². The number of methoxy groups -OCH3 is 1. The van der Waals surface area contributed by atoms with Crippen LogP contribution in [0.5, 0.6) is 0 Å². The Morgan fingerprint density at radius 2 is 1.96 bits per heavy atom. The fraction of sp³-hybridized carbons (Fsp3) is 0.500. The van der Waals surface area contributed by atoms with E-state index in [2.05, 4.69) is 0 Å². The highest BCUT2D eigenvalue weighted by molar-refractivity contribution is 7.91. The summed E-state index contributed by atoms with van der Waals surface area (Å²) in [5.74, 6) is -0.974. The number of carbonyl (C=O) groups excluding carboxylic acids is 2. The number of sulfone groups is 1. The number of rotatable bonds is 5. The Kier molecular flexibility index (Phi) is 5.87. The van der Waals surface area contributed by atoms with Crippen molar-refractivity contribution in [3.05, 3.63) is 34.9 Å². The van der Waals surface area contributed by atoms with Crippen molar-refractivity contribution >= 4 is 33.3 Å². The lowest BCUT2D eigenvalue weighted by Crippen LogP contribution is -2.50. The van der Waals surface area contributed by atoms with Gasteiger partial charge < -0.3 is 9.64 Å². The summed E-state index contributed by atoms with van der Waals surface area (Å²) in [6.45, 7) is 1.55. The average molecular weight is 374 g/mol. The molecule has 1 saturated heterocycles. The molecule has 8 heteroatoms. The quantitative estimate of drug-likeness (QED) is 0.730. The zero-order valence-corrected chi connectivity index (χ0v) is 15.1. The minimum absolute atomic E-state index is 0.0241. The maximum Gasteiger partial charge on any atom is 0.328 e. The lowest BCUT2D eigenvalue weighted by molar-refractivity contribution is -0.153. The third-order valence-corrected chi connectivity index (χ3v) is 6.12. The normalized spacial score (nSPS) is 20.4. The van der Waals surface area contributed by atoms with Gasteiger partial charge in [-0.15, -0.1) is 0 Å². The molecule has 0 saturated carbocycles. The highest BCUT2D eigenvalue weighted by Crippen LogP contribution is 2.22. The number of esters is 1. The van der Waals surface area contributed by atoms with Crippen molar-refractivity contribution in [2.24, 2.45) is 0 Å². The molecule has 0 aromatic heterocycles. The number of amides is 1.